The summed E-state index contributed by atoms with van der Waals surface area (Å²) in [5.41, 5.74) is 2.18. The lowest BCUT2D eigenvalue weighted by atomic mass is 10.0. The van der Waals surface area contributed by atoms with Gasteiger partial charge in [-0.3, -0.25) is 9.58 Å². The lowest BCUT2D eigenvalue weighted by molar-refractivity contribution is 0.0373. The summed E-state index contributed by atoms with van der Waals surface area (Å²) in [5, 5.41) is 5.03. The van der Waals surface area contributed by atoms with Crippen molar-refractivity contribution in [2.24, 2.45) is 7.05 Å². The van der Waals surface area contributed by atoms with Crippen molar-refractivity contribution in [3.05, 3.63) is 52.8 Å². The highest BCUT2D eigenvalue weighted by Gasteiger charge is 2.22. The Bertz CT molecular complexity index is 619. The third-order valence-corrected chi connectivity index (χ3v) is 4.72. The molecule has 2 aromatic rings. The van der Waals surface area contributed by atoms with Crippen LogP contribution in [0.5, 0.6) is 0 Å². The Hall–Kier alpha value is -1.36. The van der Waals surface area contributed by atoms with Gasteiger partial charge in [0, 0.05) is 29.9 Å². The third-order valence-electron chi connectivity index (χ3n) is 4.47. The molecule has 1 aliphatic heterocycles. The monoisotopic (exact) mass is 333 g/mol. The average Bonchev–Trinajstić information content (AvgIpc) is 3.21. The molecule has 0 radical (unpaired) electrons. The summed E-state index contributed by atoms with van der Waals surface area (Å²) in [7, 11) is 1.93. The minimum absolute atomic E-state index is 0.106. The summed E-state index contributed by atoms with van der Waals surface area (Å²) >= 11 is 6.02. The van der Waals surface area contributed by atoms with Gasteiger partial charge in [0.15, 0.2) is 0 Å². The van der Waals surface area contributed by atoms with Gasteiger partial charge in [-0.05, 0) is 50.6 Å². The van der Waals surface area contributed by atoms with Crippen molar-refractivity contribution in [2.45, 2.75) is 31.9 Å². The van der Waals surface area contributed by atoms with Gasteiger partial charge in [-0.1, -0.05) is 23.7 Å². The molecule has 1 aromatic carbocycles. The lowest BCUT2D eigenvalue weighted by Crippen LogP contribution is -2.34. The fraction of sp³-hybridized carbons (Fsp3) is 0.500. The van der Waals surface area contributed by atoms with Crippen LogP contribution in [-0.2, 0) is 11.8 Å². The van der Waals surface area contributed by atoms with Crippen LogP contribution in [-0.4, -0.2) is 40.4 Å². The van der Waals surface area contributed by atoms with Crippen molar-refractivity contribution in [2.75, 3.05) is 19.7 Å². The SMILES string of the molecule is CC(COC(c1ccc(Cl)cc1)c1cnn(C)c1)N1CCCC1. The Kier molecular flexibility index (Phi) is 5.36. The highest BCUT2D eigenvalue weighted by atomic mass is 35.5. The van der Waals surface area contributed by atoms with Gasteiger partial charge in [-0.15, -0.1) is 0 Å². The molecule has 5 heteroatoms. The Labute approximate surface area is 143 Å². The molecule has 3 rings (SSSR count). The third kappa shape index (κ3) is 4.14. The Morgan fingerprint density at radius 2 is 1.87 bits per heavy atom. The van der Waals surface area contributed by atoms with Gasteiger partial charge < -0.3 is 4.74 Å². The smallest absolute Gasteiger partial charge is 0.111 e. The van der Waals surface area contributed by atoms with E-state index < -0.39 is 0 Å². The number of benzene rings is 1. The van der Waals surface area contributed by atoms with E-state index in [0.717, 1.165) is 16.1 Å². The highest BCUT2D eigenvalue weighted by Crippen LogP contribution is 2.27. The van der Waals surface area contributed by atoms with Crippen molar-refractivity contribution in [3.8, 4) is 0 Å². The zero-order chi connectivity index (χ0) is 16.2. The van der Waals surface area contributed by atoms with Crippen LogP contribution in [0.1, 0.15) is 37.0 Å². The molecule has 0 N–H and O–H groups in total. The molecule has 0 aliphatic carbocycles. The average molecular weight is 334 g/mol. The molecule has 2 unspecified atom stereocenters. The summed E-state index contributed by atoms with van der Waals surface area (Å²) < 4.78 is 8.11. The highest BCUT2D eigenvalue weighted by molar-refractivity contribution is 6.30. The maximum atomic E-state index is 6.30. The van der Waals surface area contributed by atoms with Gasteiger partial charge in [0.25, 0.3) is 0 Å². The topological polar surface area (TPSA) is 30.3 Å². The number of nitrogens with zero attached hydrogens (tertiary/aromatic N) is 3. The first kappa shape index (κ1) is 16.5. The Morgan fingerprint density at radius 3 is 2.48 bits per heavy atom. The number of aromatic nitrogens is 2. The van der Waals surface area contributed by atoms with Crippen LogP contribution in [0.25, 0.3) is 0 Å². The molecule has 0 spiro atoms. The summed E-state index contributed by atoms with van der Waals surface area (Å²) in [4.78, 5) is 2.50. The van der Waals surface area contributed by atoms with E-state index >= 15 is 0 Å². The minimum Gasteiger partial charge on any atom is -0.367 e. The van der Waals surface area contributed by atoms with Gasteiger partial charge in [0.1, 0.15) is 6.10 Å². The zero-order valence-corrected chi connectivity index (χ0v) is 14.5. The molecular weight excluding hydrogens is 310 g/mol. The van der Waals surface area contributed by atoms with Crippen LogP contribution in [0.2, 0.25) is 5.02 Å². The fourth-order valence-corrected chi connectivity index (χ4v) is 3.25. The van der Waals surface area contributed by atoms with E-state index in [1.807, 2.05) is 48.4 Å². The van der Waals surface area contributed by atoms with Crippen molar-refractivity contribution in [3.63, 3.8) is 0 Å². The summed E-state index contributed by atoms with van der Waals surface area (Å²) in [6.45, 7) is 5.32. The summed E-state index contributed by atoms with van der Waals surface area (Å²) in [5.74, 6) is 0. The molecule has 1 aliphatic rings. The number of hydrogen-bond acceptors (Lipinski definition) is 3. The van der Waals surface area contributed by atoms with Crippen LogP contribution in [0.3, 0.4) is 0 Å². The molecule has 2 heterocycles. The molecule has 0 saturated carbocycles. The van der Waals surface area contributed by atoms with Gasteiger partial charge >= 0.3 is 0 Å². The first-order chi connectivity index (χ1) is 11.1. The standard InChI is InChI=1S/C18H24ClN3O/c1-14(22-9-3-4-10-22)13-23-18(16-11-20-21(2)12-16)15-5-7-17(19)8-6-15/h5-8,11-12,14,18H,3-4,9-10,13H2,1-2H3. The number of ether oxygens (including phenoxy) is 1. The van der Waals surface area contributed by atoms with E-state index in [0.29, 0.717) is 12.6 Å². The van der Waals surface area contributed by atoms with E-state index in [9.17, 15) is 0 Å². The number of rotatable bonds is 6. The van der Waals surface area contributed by atoms with Crippen LogP contribution < -0.4 is 0 Å². The number of aryl methyl sites for hydroxylation is 1. The summed E-state index contributed by atoms with van der Waals surface area (Å²) in [6, 6.07) is 8.31. The second-order valence-corrected chi connectivity index (χ2v) is 6.74. The molecule has 1 saturated heterocycles. The van der Waals surface area contributed by atoms with Crippen LogP contribution in [0.15, 0.2) is 36.7 Å². The number of likely N-dealkylation sites (tertiary alicyclic amines) is 1. The van der Waals surface area contributed by atoms with E-state index in [1.165, 1.54) is 25.9 Å². The molecule has 4 nitrogen and oxygen atoms in total. The molecule has 0 amide bonds. The molecule has 1 aromatic heterocycles. The largest absolute Gasteiger partial charge is 0.367 e. The quantitative estimate of drug-likeness (QED) is 0.808. The normalized spacial score (nSPS) is 18.2. The minimum atomic E-state index is -0.106. The van der Waals surface area contributed by atoms with E-state index in [4.69, 9.17) is 16.3 Å². The molecule has 0 bridgehead atoms. The predicted molar refractivity (Wildman–Crippen MR) is 92.7 cm³/mol. The Morgan fingerprint density at radius 1 is 1.17 bits per heavy atom. The van der Waals surface area contributed by atoms with Crippen molar-refractivity contribution < 1.29 is 4.74 Å². The van der Waals surface area contributed by atoms with Crippen LogP contribution in [0.4, 0.5) is 0 Å². The molecule has 124 valence electrons. The molecular formula is C18H24ClN3O. The van der Waals surface area contributed by atoms with Crippen LogP contribution >= 0.6 is 11.6 Å². The summed E-state index contributed by atoms with van der Waals surface area (Å²) in [6.07, 6.45) is 6.38. The van der Waals surface area contributed by atoms with Gasteiger partial charge in [0.2, 0.25) is 0 Å². The predicted octanol–water partition coefficient (Wildman–Crippen LogP) is 3.66. The molecule has 2 atom stereocenters. The number of halogens is 1. The second-order valence-electron chi connectivity index (χ2n) is 6.30. The van der Waals surface area contributed by atoms with E-state index in [1.54, 1.807) is 0 Å². The van der Waals surface area contributed by atoms with Gasteiger partial charge in [0.05, 0.1) is 12.8 Å². The second kappa shape index (κ2) is 7.47. The van der Waals surface area contributed by atoms with Crippen molar-refractivity contribution in [1.29, 1.82) is 0 Å². The van der Waals surface area contributed by atoms with Crippen LogP contribution in [0, 0.1) is 0 Å². The zero-order valence-electron chi connectivity index (χ0n) is 13.8. The van der Waals surface area contributed by atoms with Gasteiger partial charge in [-0.2, -0.15) is 5.10 Å². The number of hydrogen-bond donors (Lipinski definition) is 0. The molecule has 23 heavy (non-hydrogen) atoms. The fourth-order valence-electron chi connectivity index (χ4n) is 3.12. The molecule has 1 fully saturated rings. The van der Waals surface area contributed by atoms with E-state index in [-0.39, 0.29) is 6.10 Å². The first-order valence-corrected chi connectivity index (χ1v) is 8.61. The first-order valence-electron chi connectivity index (χ1n) is 8.23. The van der Waals surface area contributed by atoms with Crippen molar-refractivity contribution >= 4 is 11.6 Å². The van der Waals surface area contributed by atoms with E-state index in [2.05, 4.69) is 16.9 Å². The van der Waals surface area contributed by atoms with Gasteiger partial charge in [-0.25, -0.2) is 0 Å². The maximum Gasteiger partial charge on any atom is 0.111 e. The maximum absolute atomic E-state index is 6.30. The Balaban J connectivity index is 1.73. The van der Waals surface area contributed by atoms with Crippen molar-refractivity contribution in [1.82, 2.24) is 14.7 Å². The lowest BCUT2D eigenvalue weighted by Gasteiger charge is -2.26.